The zero-order valence-electron chi connectivity index (χ0n) is 10.1. The summed E-state index contributed by atoms with van der Waals surface area (Å²) in [5, 5.41) is 0. The molecule has 0 heteroatoms. The number of hydrogen-bond acceptors (Lipinski definition) is 0. The average Bonchev–Trinajstić information content (AvgIpc) is 1.80. The summed E-state index contributed by atoms with van der Waals surface area (Å²) in [6.07, 6.45) is 4.05. The first kappa shape index (κ1) is 13.0. The van der Waals surface area contributed by atoms with Gasteiger partial charge in [0.15, 0.2) is 0 Å². The second kappa shape index (κ2) is 6.45. The summed E-state index contributed by atoms with van der Waals surface area (Å²) < 4.78 is 0. The van der Waals surface area contributed by atoms with Gasteiger partial charge in [-0.1, -0.05) is 41.5 Å². The number of hydrogen-bond donors (Lipinski definition) is 0. The molecule has 0 heterocycles. The maximum Gasteiger partial charge on any atom is -0.0407 e. The minimum Gasteiger partial charge on any atom is -0.0628 e. The molecule has 0 N–H and O–H groups in total. The quantitative estimate of drug-likeness (QED) is 0.566. The molecule has 1 unspecified atom stereocenters. The molecule has 0 aliphatic carbocycles. The van der Waals surface area contributed by atoms with E-state index in [1.54, 1.807) is 0 Å². The van der Waals surface area contributed by atoms with Crippen LogP contribution in [0.5, 0.6) is 0 Å². The third-order valence-electron chi connectivity index (χ3n) is 2.35. The molecule has 0 aromatic carbocycles. The molecule has 1 atom stereocenters. The van der Waals surface area contributed by atoms with Crippen LogP contribution in [0.25, 0.3) is 0 Å². The molecule has 0 amide bonds. The first-order valence-corrected chi connectivity index (χ1v) is 5.74. The SMILES string of the molecule is [CH2]C(C)CC(CC(C)C)CC(C)C. The van der Waals surface area contributed by atoms with Crippen molar-refractivity contribution >= 4 is 0 Å². The van der Waals surface area contributed by atoms with E-state index < -0.39 is 0 Å². The molecular formula is C13H27. The molecule has 0 fully saturated rings. The van der Waals surface area contributed by atoms with Gasteiger partial charge in [-0.15, -0.1) is 0 Å². The van der Waals surface area contributed by atoms with E-state index in [1.165, 1.54) is 19.3 Å². The molecule has 13 heavy (non-hydrogen) atoms. The van der Waals surface area contributed by atoms with Gasteiger partial charge in [0.05, 0.1) is 0 Å². The Morgan fingerprint density at radius 3 is 1.38 bits per heavy atom. The molecular weight excluding hydrogens is 156 g/mol. The predicted molar refractivity (Wildman–Crippen MR) is 61.5 cm³/mol. The van der Waals surface area contributed by atoms with Crippen molar-refractivity contribution in [2.75, 3.05) is 0 Å². The lowest BCUT2D eigenvalue weighted by molar-refractivity contribution is 0.302. The van der Waals surface area contributed by atoms with Crippen molar-refractivity contribution < 1.29 is 0 Å². The van der Waals surface area contributed by atoms with Crippen molar-refractivity contribution in [1.82, 2.24) is 0 Å². The van der Waals surface area contributed by atoms with Crippen LogP contribution in [0.2, 0.25) is 0 Å². The molecule has 0 aromatic heterocycles. The molecule has 0 nitrogen and oxygen atoms in total. The van der Waals surface area contributed by atoms with Crippen LogP contribution in [0.1, 0.15) is 53.9 Å². The van der Waals surface area contributed by atoms with Crippen LogP contribution in [-0.2, 0) is 0 Å². The lowest BCUT2D eigenvalue weighted by Gasteiger charge is -2.22. The fraction of sp³-hybridized carbons (Fsp3) is 0.923. The normalized spacial score (nSPS) is 12.5. The molecule has 0 saturated carbocycles. The summed E-state index contributed by atoms with van der Waals surface area (Å²) in [5.41, 5.74) is 0. The van der Waals surface area contributed by atoms with Gasteiger partial charge in [0.1, 0.15) is 0 Å². The lowest BCUT2D eigenvalue weighted by atomic mass is 9.84. The Hall–Kier alpha value is 0. The lowest BCUT2D eigenvalue weighted by Crippen LogP contribution is -2.10. The monoisotopic (exact) mass is 183 g/mol. The maximum atomic E-state index is 4.09. The Labute approximate surface area is 85.1 Å². The second-order valence-corrected chi connectivity index (χ2v) is 5.47. The van der Waals surface area contributed by atoms with Gasteiger partial charge in [-0.3, -0.25) is 0 Å². The zero-order chi connectivity index (χ0) is 10.4. The Kier molecular flexibility index (Phi) is 6.45. The van der Waals surface area contributed by atoms with Crippen molar-refractivity contribution in [2.24, 2.45) is 23.7 Å². The molecule has 0 bridgehead atoms. The van der Waals surface area contributed by atoms with Crippen LogP contribution >= 0.6 is 0 Å². The van der Waals surface area contributed by atoms with E-state index in [-0.39, 0.29) is 0 Å². The summed E-state index contributed by atoms with van der Waals surface area (Å²) in [7, 11) is 0. The first-order valence-electron chi connectivity index (χ1n) is 5.74. The zero-order valence-corrected chi connectivity index (χ0v) is 10.1. The smallest absolute Gasteiger partial charge is 0.0407 e. The van der Waals surface area contributed by atoms with Crippen LogP contribution in [0, 0.1) is 30.6 Å². The summed E-state index contributed by atoms with van der Waals surface area (Å²) in [4.78, 5) is 0. The van der Waals surface area contributed by atoms with Gasteiger partial charge >= 0.3 is 0 Å². The second-order valence-electron chi connectivity index (χ2n) is 5.47. The van der Waals surface area contributed by atoms with Gasteiger partial charge in [0, 0.05) is 0 Å². The maximum absolute atomic E-state index is 4.09. The highest BCUT2D eigenvalue weighted by atomic mass is 14.2. The van der Waals surface area contributed by atoms with Gasteiger partial charge in [-0.05, 0) is 42.9 Å². The van der Waals surface area contributed by atoms with Crippen molar-refractivity contribution in [3.8, 4) is 0 Å². The molecule has 79 valence electrons. The van der Waals surface area contributed by atoms with Gasteiger partial charge in [0.25, 0.3) is 0 Å². The molecule has 0 aromatic rings. The average molecular weight is 183 g/mol. The Bertz CT molecular complexity index is 87.4. The highest BCUT2D eigenvalue weighted by molar-refractivity contribution is 4.68. The van der Waals surface area contributed by atoms with Gasteiger partial charge in [-0.25, -0.2) is 0 Å². The predicted octanol–water partition coefficient (Wildman–Crippen LogP) is 4.56. The first-order chi connectivity index (χ1) is 5.91. The third-order valence-corrected chi connectivity index (χ3v) is 2.35. The third kappa shape index (κ3) is 8.33. The summed E-state index contributed by atoms with van der Waals surface area (Å²) >= 11 is 0. The highest BCUT2D eigenvalue weighted by Crippen LogP contribution is 2.25. The van der Waals surface area contributed by atoms with E-state index in [9.17, 15) is 0 Å². The summed E-state index contributed by atoms with van der Waals surface area (Å²) in [5.74, 6) is 3.18. The van der Waals surface area contributed by atoms with Crippen molar-refractivity contribution in [2.45, 2.75) is 53.9 Å². The molecule has 0 saturated heterocycles. The minimum atomic E-state index is 0.613. The van der Waals surface area contributed by atoms with E-state index in [4.69, 9.17) is 0 Å². The number of rotatable bonds is 6. The summed E-state index contributed by atoms with van der Waals surface area (Å²) in [6.45, 7) is 15.6. The van der Waals surface area contributed by atoms with Crippen molar-refractivity contribution in [3.05, 3.63) is 6.92 Å². The van der Waals surface area contributed by atoms with E-state index in [2.05, 4.69) is 41.5 Å². The van der Waals surface area contributed by atoms with Gasteiger partial charge in [0.2, 0.25) is 0 Å². The van der Waals surface area contributed by atoms with Crippen LogP contribution in [0.15, 0.2) is 0 Å². The van der Waals surface area contributed by atoms with Crippen molar-refractivity contribution in [3.63, 3.8) is 0 Å². The van der Waals surface area contributed by atoms with Gasteiger partial charge < -0.3 is 0 Å². The van der Waals surface area contributed by atoms with E-state index in [0.717, 1.165) is 17.8 Å². The van der Waals surface area contributed by atoms with E-state index in [1.807, 2.05) is 0 Å². The van der Waals surface area contributed by atoms with E-state index in [0.29, 0.717) is 5.92 Å². The molecule has 1 radical (unpaired) electrons. The minimum absolute atomic E-state index is 0.613. The van der Waals surface area contributed by atoms with E-state index >= 15 is 0 Å². The Morgan fingerprint density at radius 2 is 1.15 bits per heavy atom. The largest absolute Gasteiger partial charge is 0.0628 e. The fourth-order valence-electron chi connectivity index (χ4n) is 2.19. The molecule has 0 rings (SSSR count). The van der Waals surface area contributed by atoms with Crippen molar-refractivity contribution in [1.29, 1.82) is 0 Å². The van der Waals surface area contributed by atoms with Gasteiger partial charge in [-0.2, -0.15) is 0 Å². The van der Waals surface area contributed by atoms with Crippen LogP contribution in [0.3, 0.4) is 0 Å². The Balaban J connectivity index is 3.87. The molecule has 0 aliphatic rings. The van der Waals surface area contributed by atoms with Crippen LogP contribution in [-0.4, -0.2) is 0 Å². The molecule has 0 spiro atoms. The standard InChI is InChI=1S/C13H27/c1-10(2)7-13(8-11(3)4)9-12(5)6/h10-13H,1,7-9H2,2-6H3. The molecule has 0 aliphatic heterocycles. The highest BCUT2D eigenvalue weighted by Gasteiger charge is 2.14. The summed E-state index contributed by atoms with van der Waals surface area (Å²) in [6, 6.07) is 0. The van der Waals surface area contributed by atoms with Crippen LogP contribution in [0.4, 0.5) is 0 Å². The topological polar surface area (TPSA) is 0 Å². The van der Waals surface area contributed by atoms with Crippen LogP contribution < -0.4 is 0 Å². The fourth-order valence-corrected chi connectivity index (χ4v) is 2.19. The Morgan fingerprint density at radius 1 is 0.769 bits per heavy atom.